The first-order valence-electron chi connectivity index (χ1n) is 10.4. The number of Topliss-reactive ketones (excluding diaryl/α,β-unsaturated/α-hetero) is 1. The Morgan fingerprint density at radius 3 is 2.68 bits per heavy atom. The predicted molar refractivity (Wildman–Crippen MR) is 117 cm³/mol. The van der Waals surface area contributed by atoms with E-state index in [9.17, 15) is 31.2 Å². The van der Waals surface area contributed by atoms with Gasteiger partial charge in [0, 0.05) is 30.6 Å². The highest BCUT2D eigenvalue weighted by Gasteiger charge is 2.33. The molecule has 2 aromatic carbocycles. The topological polar surface area (TPSA) is 114 Å². The van der Waals surface area contributed by atoms with E-state index in [0.717, 1.165) is 31.0 Å². The van der Waals surface area contributed by atoms with E-state index >= 15 is 0 Å². The van der Waals surface area contributed by atoms with Gasteiger partial charge in [0.15, 0.2) is 5.78 Å². The number of ether oxygens (including phenoxy) is 1. The van der Waals surface area contributed by atoms with E-state index in [4.69, 9.17) is 4.74 Å². The van der Waals surface area contributed by atoms with Crippen molar-refractivity contribution in [3.8, 4) is 0 Å². The van der Waals surface area contributed by atoms with Gasteiger partial charge in [0.25, 0.3) is 10.0 Å². The standard InChI is InChI=1S/C22H20F3N3O5S/c23-22(24,25)13-3-1-4-14(9-13)28-34(31,32)16-6-7-19-17(10-16)20(29)18(12-26-19)21(30)27-11-15-5-2-8-33-15/h1,3-4,6-7,9-10,12,15,18,28H,2,5,8,11H2,(H,27,30). The van der Waals surface area contributed by atoms with Crippen molar-refractivity contribution in [2.45, 2.75) is 30.0 Å². The van der Waals surface area contributed by atoms with Crippen LogP contribution in [0.4, 0.5) is 24.5 Å². The van der Waals surface area contributed by atoms with E-state index in [0.29, 0.717) is 12.7 Å². The minimum atomic E-state index is -4.64. The normalized spacial score (nSPS) is 20.1. The minimum absolute atomic E-state index is 0.0771. The number of carbonyl (C=O) groups excluding carboxylic acids is 2. The average Bonchev–Trinajstić information content (AvgIpc) is 3.31. The number of hydrogen-bond acceptors (Lipinski definition) is 6. The molecule has 1 amide bonds. The van der Waals surface area contributed by atoms with Crippen LogP contribution in [0.15, 0.2) is 52.4 Å². The van der Waals surface area contributed by atoms with E-state index in [1.807, 2.05) is 0 Å². The zero-order chi connectivity index (χ0) is 24.5. The fourth-order valence-corrected chi connectivity index (χ4v) is 4.75. The number of ketones is 1. The molecule has 0 radical (unpaired) electrons. The predicted octanol–water partition coefficient (Wildman–Crippen LogP) is 3.32. The summed E-state index contributed by atoms with van der Waals surface area (Å²) in [6.45, 7) is 0.863. The first kappa shape index (κ1) is 23.9. The molecule has 1 saturated heterocycles. The van der Waals surface area contributed by atoms with Crippen LogP contribution < -0.4 is 10.0 Å². The third-order valence-electron chi connectivity index (χ3n) is 5.44. The molecule has 0 bridgehead atoms. The lowest BCUT2D eigenvalue weighted by molar-refractivity contribution is -0.137. The Balaban J connectivity index is 1.52. The smallest absolute Gasteiger partial charge is 0.376 e. The number of anilines is 1. The average molecular weight is 495 g/mol. The summed E-state index contributed by atoms with van der Waals surface area (Å²) >= 11 is 0. The summed E-state index contributed by atoms with van der Waals surface area (Å²) in [7, 11) is -4.33. The molecule has 2 unspecified atom stereocenters. The molecule has 4 rings (SSSR count). The van der Waals surface area contributed by atoms with Gasteiger partial charge in [-0.3, -0.25) is 19.3 Å². The number of aliphatic imine (C=N–C) groups is 1. The Kier molecular flexibility index (Phi) is 6.45. The maximum atomic E-state index is 12.9. The molecule has 2 aliphatic rings. The van der Waals surface area contributed by atoms with Crippen molar-refractivity contribution in [2.75, 3.05) is 17.9 Å². The Bertz CT molecular complexity index is 1250. The molecule has 2 atom stereocenters. The highest BCUT2D eigenvalue weighted by molar-refractivity contribution is 7.92. The van der Waals surface area contributed by atoms with E-state index in [2.05, 4.69) is 15.0 Å². The molecule has 0 spiro atoms. The number of alkyl halides is 3. The van der Waals surface area contributed by atoms with Gasteiger partial charge in [0.05, 0.1) is 22.3 Å². The number of sulfonamides is 1. The number of benzene rings is 2. The van der Waals surface area contributed by atoms with Crippen molar-refractivity contribution in [3.05, 3.63) is 53.6 Å². The maximum Gasteiger partial charge on any atom is 0.416 e. The lowest BCUT2D eigenvalue weighted by atomic mass is 9.94. The molecule has 2 aliphatic heterocycles. The van der Waals surface area contributed by atoms with Crippen LogP contribution in [0, 0.1) is 5.92 Å². The maximum absolute atomic E-state index is 12.9. The second-order valence-corrected chi connectivity index (χ2v) is 9.55. The third-order valence-corrected chi connectivity index (χ3v) is 6.82. The fourth-order valence-electron chi connectivity index (χ4n) is 3.67. The highest BCUT2D eigenvalue weighted by atomic mass is 32.2. The van der Waals surface area contributed by atoms with E-state index in [1.54, 1.807) is 0 Å². The summed E-state index contributed by atoms with van der Waals surface area (Å²) in [5.74, 6) is -2.44. The number of nitrogens with zero attached hydrogens (tertiary/aromatic N) is 1. The van der Waals surface area contributed by atoms with E-state index in [-0.39, 0.29) is 34.5 Å². The second-order valence-electron chi connectivity index (χ2n) is 7.86. The first-order valence-corrected chi connectivity index (χ1v) is 11.8. The summed E-state index contributed by atoms with van der Waals surface area (Å²) < 4.78 is 71.9. The number of nitrogens with one attached hydrogen (secondary N) is 2. The van der Waals surface area contributed by atoms with Gasteiger partial charge in [-0.15, -0.1) is 0 Å². The van der Waals surface area contributed by atoms with Crippen molar-refractivity contribution >= 4 is 39.3 Å². The van der Waals surface area contributed by atoms with Gasteiger partial charge in [-0.1, -0.05) is 6.07 Å². The Labute approximate surface area is 193 Å². The number of hydrogen-bond donors (Lipinski definition) is 2. The van der Waals surface area contributed by atoms with Crippen molar-refractivity contribution in [1.82, 2.24) is 5.32 Å². The van der Waals surface area contributed by atoms with Crippen molar-refractivity contribution < 1.29 is 35.9 Å². The quantitative estimate of drug-likeness (QED) is 0.597. The molecular weight excluding hydrogens is 475 g/mol. The zero-order valence-electron chi connectivity index (χ0n) is 17.6. The van der Waals surface area contributed by atoms with Gasteiger partial charge in [0.2, 0.25) is 5.91 Å². The van der Waals surface area contributed by atoms with Crippen LogP contribution in [0.3, 0.4) is 0 Å². The molecule has 0 aliphatic carbocycles. The molecule has 2 N–H and O–H groups in total. The van der Waals surface area contributed by atoms with Gasteiger partial charge in [-0.2, -0.15) is 13.2 Å². The number of rotatable bonds is 6. The molecule has 0 aromatic heterocycles. The highest BCUT2D eigenvalue weighted by Crippen LogP contribution is 2.32. The fraction of sp³-hybridized carbons (Fsp3) is 0.318. The van der Waals surface area contributed by atoms with Gasteiger partial charge >= 0.3 is 6.18 Å². The number of amides is 1. The lowest BCUT2D eigenvalue weighted by Crippen LogP contribution is -2.40. The van der Waals surface area contributed by atoms with Crippen LogP contribution in [0.1, 0.15) is 28.8 Å². The molecule has 2 heterocycles. The first-order chi connectivity index (χ1) is 16.0. The Morgan fingerprint density at radius 1 is 1.18 bits per heavy atom. The summed E-state index contributed by atoms with van der Waals surface area (Å²) in [5, 5.41) is 2.65. The number of fused-ring (bicyclic) bond motifs is 1. The van der Waals surface area contributed by atoms with Crippen LogP contribution in [0.25, 0.3) is 0 Å². The summed E-state index contributed by atoms with van der Waals surface area (Å²) in [6, 6.07) is 7.27. The number of halogens is 3. The van der Waals surface area contributed by atoms with Crippen LogP contribution in [-0.4, -0.2) is 45.6 Å². The van der Waals surface area contributed by atoms with Crippen molar-refractivity contribution in [1.29, 1.82) is 0 Å². The van der Waals surface area contributed by atoms with Crippen LogP contribution >= 0.6 is 0 Å². The zero-order valence-corrected chi connectivity index (χ0v) is 18.4. The van der Waals surface area contributed by atoms with Gasteiger partial charge in [0.1, 0.15) is 5.92 Å². The van der Waals surface area contributed by atoms with E-state index < -0.39 is 39.4 Å². The molecule has 2 aromatic rings. The van der Waals surface area contributed by atoms with Crippen LogP contribution in [-0.2, 0) is 25.7 Å². The van der Waals surface area contributed by atoms with Crippen molar-refractivity contribution in [3.63, 3.8) is 0 Å². The molecule has 0 saturated carbocycles. The minimum Gasteiger partial charge on any atom is -0.376 e. The molecule has 34 heavy (non-hydrogen) atoms. The monoisotopic (exact) mass is 495 g/mol. The molecule has 8 nitrogen and oxygen atoms in total. The Hall–Kier alpha value is -3.25. The van der Waals surface area contributed by atoms with Crippen LogP contribution in [0.5, 0.6) is 0 Å². The summed E-state index contributed by atoms with van der Waals surface area (Å²) in [5.41, 5.74) is -1.19. The van der Waals surface area contributed by atoms with Gasteiger partial charge in [-0.05, 0) is 49.2 Å². The molecule has 1 fully saturated rings. The van der Waals surface area contributed by atoms with Crippen molar-refractivity contribution in [2.24, 2.45) is 10.9 Å². The van der Waals surface area contributed by atoms with Gasteiger partial charge in [-0.25, -0.2) is 8.42 Å². The molecular formula is C22H20F3N3O5S. The van der Waals surface area contributed by atoms with E-state index in [1.165, 1.54) is 24.4 Å². The Morgan fingerprint density at radius 2 is 1.97 bits per heavy atom. The summed E-state index contributed by atoms with van der Waals surface area (Å²) in [6.07, 6.45) is -1.87. The SMILES string of the molecule is O=C(NCC1CCCO1)C1C=Nc2ccc(S(=O)(=O)Nc3cccc(C(F)(F)F)c3)cc2C1=O. The third kappa shape index (κ3) is 5.12. The molecule has 180 valence electrons. The summed E-state index contributed by atoms with van der Waals surface area (Å²) in [4.78, 5) is 29.2. The largest absolute Gasteiger partial charge is 0.416 e. The second kappa shape index (κ2) is 9.18. The lowest BCUT2D eigenvalue weighted by Gasteiger charge is -2.19. The van der Waals surface area contributed by atoms with Crippen LogP contribution in [0.2, 0.25) is 0 Å². The van der Waals surface area contributed by atoms with Gasteiger partial charge < -0.3 is 10.1 Å². The molecule has 12 heteroatoms. The number of carbonyl (C=O) groups is 2.